The van der Waals surface area contributed by atoms with Gasteiger partial charge in [-0.05, 0) is 23.8 Å². The summed E-state index contributed by atoms with van der Waals surface area (Å²) in [6, 6.07) is 14.8. The second-order valence-electron chi connectivity index (χ2n) is 5.89. The fourth-order valence-electron chi connectivity index (χ4n) is 3.21. The maximum Gasteiger partial charge on any atom is 0.204 e. The Morgan fingerprint density at radius 3 is 2.48 bits per heavy atom. The van der Waals surface area contributed by atoms with E-state index in [4.69, 9.17) is 32.7 Å². The first-order valence-corrected chi connectivity index (χ1v) is 8.74. The first kappa shape index (κ1) is 18.4. The van der Waals surface area contributed by atoms with Crippen molar-refractivity contribution in [2.45, 2.75) is 11.8 Å². The van der Waals surface area contributed by atoms with E-state index in [-0.39, 0.29) is 6.10 Å². The first-order valence-electron chi connectivity index (χ1n) is 7.98. The molecule has 132 valence electrons. The van der Waals surface area contributed by atoms with Gasteiger partial charge in [0.2, 0.25) is 5.72 Å². The van der Waals surface area contributed by atoms with E-state index < -0.39 is 5.72 Å². The normalized spacial score (nSPS) is 20.8. The Balaban J connectivity index is 1.92. The number of methoxy groups -OCH3 is 1. The molecule has 0 spiro atoms. The monoisotopic (exact) mass is 379 g/mol. The Kier molecular flexibility index (Phi) is 5.77. The second-order valence-corrected chi connectivity index (χ2v) is 6.77. The molecule has 4 nitrogen and oxygen atoms in total. The highest BCUT2D eigenvalue weighted by atomic mass is 35.5. The maximum atomic E-state index is 12.1. The van der Waals surface area contributed by atoms with Gasteiger partial charge >= 0.3 is 0 Å². The van der Waals surface area contributed by atoms with Gasteiger partial charge in [0.25, 0.3) is 0 Å². The molecule has 0 N–H and O–H groups in total. The van der Waals surface area contributed by atoms with Crippen LogP contribution in [0.15, 0.2) is 48.5 Å². The zero-order chi connectivity index (χ0) is 17.9. The van der Waals surface area contributed by atoms with Crippen molar-refractivity contribution in [1.82, 2.24) is 4.90 Å². The van der Waals surface area contributed by atoms with Gasteiger partial charge in [0.1, 0.15) is 0 Å². The number of benzene rings is 2. The van der Waals surface area contributed by atoms with Crippen LogP contribution >= 0.6 is 23.2 Å². The number of nitrogens with zero attached hydrogens (tertiary/aromatic N) is 1. The van der Waals surface area contributed by atoms with Crippen LogP contribution in [-0.2, 0) is 20.0 Å². The highest BCUT2D eigenvalue weighted by molar-refractivity contribution is 6.34. The predicted octanol–water partition coefficient (Wildman–Crippen LogP) is 4.07. The van der Waals surface area contributed by atoms with Crippen molar-refractivity contribution < 1.29 is 14.3 Å². The third kappa shape index (κ3) is 3.73. The lowest BCUT2D eigenvalue weighted by Crippen LogP contribution is -2.54. The number of hydrogen-bond donors (Lipinski definition) is 0. The van der Waals surface area contributed by atoms with Crippen LogP contribution in [0.5, 0.6) is 0 Å². The molecule has 2 aromatic rings. The zero-order valence-corrected chi connectivity index (χ0v) is 15.3. The molecule has 0 amide bonds. The molecule has 2 atom stereocenters. The summed E-state index contributed by atoms with van der Waals surface area (Å²) in [5.41, 5.74) is 0.523. The molecular weight excluding hydrogens is 361 g/mol. The number of carbonyl (C=O) groups excluding carboxylic acids is 1. The van der Waals surface area contributed by atoms with Crippen molar-refractivity contribution in [3.63, 3.8) is 0 Å². The minimum atomic E-state index is -1.15. The largest absolute Gasteiger partial charge is 0.371 e. The van der Waals surface area contributed by atoms with Gasteiger partial charge in [-0.15, -0.1) is 0 Å². The summed E-state index contributed by atoms with van der Waals surface area (Å²) in [5, 5.41) is 1.11. The Bertz CT molecular complexity index is 720. The number of hydrogen-bond acceptors (Lipinski definition) is 4. The molecule has 3 rings (SSSR count). The molecule has 1 fully saturated rings. The lowest BCUT2D eigenvalue weighted by atomic mass is 9.99. The summed E-state index contributed by atoms with van der Waals surface area (Å²) in [4.78, 5) is 14.0. The zero-order valence-electron chi connectivity index (χ0n) is 13.8. The summed E-state index contributed by atoms with van der Waals surface area (Å²) >= 11 is 12.2. The predicted molar refractivity (Wildman–Crippen MR) is 97.9 cm³/mol. The van der Waals surface area contributed by atoms with Gasteiger partial charge in [0.15, 0.2) is 6.29 Å². The highest BCUT2D eigenvalue weighted by Crippen LogP contribution is 2.34. The summed E-state index contributed by atoms with van der Waals surface area (Å²) in [5.74, 6) is 0. The van der Waals surface area contributed by atoms with Crippen LogP contribution < -0.4 is 0 Å². The van der Waals surface area contributed by atoms with Crippen molar-refractivity contribution in [2.75, 3.05) is 26.8 Å². The number of morpholine rings is 1. The minimum Gasteiger partial charge on any atom is -0.371 e. The van der Waals surface area contributed by atoms with Gasteiger partial charge in [0.05, 0.1) is 12.7 Å². The van der Waals surface area contributed by atoms with Gasteiger partial charge in [-0.2, -0.15) is 0 Å². The Hall–Kier alpha value is -1.43. The Morgan fingerprint density at radius 2 is 1.88 bits per heavy atom. The highest BCUT2D eigenvalue weighted by Gasteiger charge is 2.41. The topological polar surface area (TPSA) is 38.8 Å². The second kappa shape index (κ2) is 7.85. The Morgan fingerprint density at radius 1 is 1.20 bits per heavy atom. The lowest BCUT2D eigenvalue weighted by Gasteiger charge is -2.43. The number of ether oxygens (including phenoxy) is 2. The van der Waals surface area contributed by atoms with E-state index >= 15 is 0 Å². The molecule has 25 heavy (non-hydrogen) atoms. The van der Waals surface area contributed by atoms with Crippen LogP contribution in [0.25, 0.3) is 0 Å². The molecule has 1 heterocycles. The van der Waals surface area contributed by atoms with Crippen LogP contribution in [0.3, 0.4) is 0 Å². The van der Waals surface area contributed by atoms with Crippen molar-refractivity contribution >= 4 is 29.5 Å². The average Bonchev–Trinajstić information content (AvgIpc) is 2.64. The van der Waals surface area contributed by atoms with E-state index in [9.17, 15) is 4.79 Å². The quantitative estimate of drug-likeness (QED) is 0.734. The van der Waals surface area contributed by atoms with Crippen LogP contribution in [0.1, 0.15) is 17.2 Å². The summed E-state index contributed by atoms with van der Waals surface area (Å²) in [7, 11) is 1.54. The molecule has 0 saturated carbocycles. The molecule has 1 saturated heterocycles. The van der Waals surface area contributed by atoms with Crippen molar-refractivity contribution in [1.29, 1.82) is 0 Å². The smallest absolute Gasteiger partial charge is 0.204 e. The van der Waals surface area contributed by atoms with E-state index in [0.717, 1.165) is 17.4 Å². The molecule has 0 aromatic heterocycles. The molecule has 0 aliphatic carbocycles. The van der Waals surface area contributed by atoms with Gasteiger partial charge in [0, 0.05) is 35.8 Å². The van der Waals surface area contributed by atoms with Crippen LogP contribution in [-0.4, -0.2) is 38.0 Å². The van der Waals surface area contributed by atoms with E-state index in [1.165, 1.54) is 0 Å². The fourth-order valence-corrected chi connectivity index (χ4v) is 3.75. The van der Waals surface area contributed by atoms with E-state index in [2.05, 4.69) is 0 Å². The van der Waals surface area contributed by atoms with Crippen molar-refractivity contribution in [3.8, 4) is 0 Å². The van der Waals surface area contributed by atoms with Gasteiger partial charge < -0.3 is 9.47 Å². The molecule has 0 radical (unpaired) electrons. The number of halogens is 2. The standard InChI is InChI=1S/C19H19Cl2NO3/c1-24-19(13-23,15-5-3-2-4-6-15)22-7-8-25-18(12-22)14-9-16(20)11-17(21)10-14/h2-6,9-11,13,18H,7-8,12H2,1H3/t18-,19-/m0/s1. The Labute approximate surface area is 157 Å². The summed E-state index contributed by atoms with van der Waals surface area (Å²) in [6.07, 6.45) is 0.596. The fraction of sp³-hybridized carbons (Fsp3) is 0.316. The summed E-state index contributed by atoms with van der Waals surface area (Å²) in [6.45, 7) is 1.53. The molecular formula is C19H19Cl2NO3. The number of rotatable bonds is 5. The molecule has 2 aromatic carbocycles. The third-order valence-electron chi connectivity index (χ3n) is 4.45. The third-order valence-corrected chi connectivity index (χ3v) is 4.89. The molecule has 1 aliphatic rings. The van der Waals surface area contributed by atoms with E-state index in [1.54, 1.807) is 13.2 Å². The molecule has 0 bridgehead atoms. The average molecular weight is 380 g/mol. The van der Waals surface area contributed by atoms with E-state index in [0.29, 0.717) is 29.7 Å². The molecule has 0 unspecified atom stereocenters. The van der Waals surface area contributed by atoms with Crippen molar-refractivity contribution in [3.05, 3.63) is 69.7 Å². The summed E-state index contributed by atoms with van der Waals surface area (Å²) < 4.78 is 11.6. The first-order chi connectivity index (χ1) is 12.1. The SMILES string of the molecule is CO[C@@](C=O)(c1ccccc1)N1CCO[C@H](c2cc(Cl)cc(Cl)c2)C1. The number of carbonyl (C=O) groups is 1. The molecule has 1 aliphatic heterocycles. The lowest BCUT2D eigenvalue weighted by molar-refractivity contribution is -0.182. The van der Waals surface area contributed by atoms with Crippen LogP contribution in [0.4, 0.5) is 0 Å². The van der Waals surface area contributed by atoms with Crippen LogP contribution in [0.2, 0.25) is 10.0 Å². The van der Waals surface area contributed by atoms with Gasteiger partial charge in [-0.3, -0.25) is 9.69 Å². The van der Waals surface area contributed by atoms with Crippen molar-refractivity contribution in [2.24, 2.45) is 0 Å². The van der Waals surface area contributed by atoms with Gasteiger partial charge in [-0.1, -0.05) is 53.5 Å². The van der Waals surface area contributed by atoms with Crippen LogP contribution in [0, 0.1) is 0 Å². The number of aldehydes is 1. The minimum absolute atomic E-state index is 0.247. The molecule has 6 heteroatoms. The van der Waals surface area contributed by atoms with E-state index in [1.807, 2.05) is 47.4 Å². The van der Waals surface area contributed by atoms with Gasteiger partial charge in [-0.25, -0.2) is 0 Å². The maximum absolute atomic E-state index is 12.1.